The number of nitrogens with zero attached hydrogens (tertiary/aromatic N) is 3. The second-order valence-corrected chi connectivity index (χ2v) is 4.25. The zero-order valence-corrected chi connectivity index (χ0v) is 10.5. The van der Waals surface area contributed by atoms with Crippen molar-refractivity contribution in [1.29, 1.82) is 5.26 Å². The number of halogens is 1. The minimum atomic E-state index is 0.627. The Bertz CT molecular complexity index is 593. The van der Waals surface area contributed by atoms with Gasteiger partial charge < -0.3 is 0 Å². The van der Waals surface area contributed by atoms with Crippen molar-refractivity contribution in [3.8, 4) is 11.8 Å². The van der Waals surface area contributed by atoms with E-state index in [0.717, 1.165) is 23.4 Å². The first kappa shape index (κ1) is 11.7. The molecule has 2 aromatic rings. The zero-order valence-electron chi connectivity index (χ0n) is 9.74. The molecule has 2 rings (SSSR count). The highest BCUT2D eigenvalue weighted by atomic mass is 35.5. The predicted molar refractivity (Wildman–Crippen MR) is 67.4 cm³/mol. The molecule has 0 atom stereocenters. The van der Waals surface area contributed by atoms with Gasteiger partial charge in [-0.25, -0.2) is 4.68 Å². The molecule has 1 aromatic heterocycles. The molecule has 1 heterocycles. The molecule has 0 bridgehead atoms. The maximum atomic E-state index is 9.00. The van der Waals surface area contributed by atoms with Crippen LogP contribution in [0.2, 0.25) is 5.02 Å². The smallest absolute Gasteiger partial charge is 0.103 e. The van der Waals surface area contributed by atoms with Crippen LogP contribution in [0, 0.1) is 18.3 Å². The molecule has 0 radical (unpaired) electrons. The average Bonchev–Trinajstić information content (AvgIpc) is 2.71. The molecule has 86 valence electrons. The van der Waals surface area contributed by atoms with Crippen molar-refractivity contribution in [1.82, 2.24) is 9.78 Å². The van der Waals surface area contributed by atoms with Gasteiger partial charge in [0.2, 0.25) is 0 Å². The predicted octanol–water partition coefficient (Wildman–Crippen LogP) is 3.27. The highest BCUT2D eigenvalue weighted by Gasteiger charge is 2.11. The fourth-order valence-electron chi connectivity index (χ4n) is 1.87. The number of aryl methyl sites for hydroxylation is 1. The summed E-state index contributed by atoms with van der Waals surface area (Å²) in [5.41, 5.74) is 3.56. The summed E-state index contributed by atoms with van der Waals surface area (Å²) in [6, 6.07) is 7.80. The van der Waals surface area contributed by atoms with Crippen molar-refractivity contribution in [3.05, 3.63) is 46.2 Å². The summed E-state index contributed by atoms with van der Waals surface area (Å²) >= 11 is 5.93. The summed E-state index contributed by atoms with van der Waals surface area (Å²) in [4.78, 5) is 0. The number of nitriles is 1. The van der Waals surface area contributed by atoms with Gasteiger partial charge in [-0.2, -0.15) is 10.4 Å². The van der Waals surface area contributed by atoms with Gasteiger partial charge in [0.25, 0.3) is 0 Å². The molecule has 0 N–H and O–H groups in total. The van der Waals surface area contributed by atoms with Gasteiger partial charge in [0.05, 0.1) is 23.1 Å². The van der Waals surface area contributed by atoms with Crippen LogP contribution in [0.15, 0.2) is 24.4 Å². The number of benzene rings is 1. The van der Waals surface area contributed by atoms with E-state index in [1.807, 2.05) is 36.7 Å². The third kappa shape index (κ3) is 2.04. The third-order valence-electron chi connectivity index (χ3n) is 2.71. The lowest BCUT2D eigenvalue weighted by atomic mass is 10.1. The Hall–Kier alpha value is -1.79. The van der Waals surface area contributed by atoms with Crippen LogP contribution in [0.4, 0.5) is 0 Å². The summed E-state index contributed by atoms with van der Waals surface area (Å²) < 4.78 is 1.81. The lowest BCUT2D eigenvalue weighted by Crippen LogP contribution is -2.03. The molecule has 0 fully saturated rings. The second kappa shape index (κ2) is 4.60. The maximum absolute atomic E-state index is 9.00. The highest BCUT2D eigenvalue weighted by molar-refractivity contribution is 6.30. The first-order chi connectivity index (χ1) is 8.17. The van der Waals surface area contributed by atoms with Crippen LogP contribution < -0.4 is 0 Å². The van der Waals surface area contributed by atoms with Crippen molar-refractivity contribution in [2.75, 3.05) is 0 Å². The summed E-state index contributed by atoms with van der Waals surface area (Å²) in [5.74, 6) is 0. The van der Waals surface area contributed by atoms with Gasteiger partial charge in [0.1, 0.15) is 6.07 Å². The van der Waals surface area contributed by atoms with Gasteiger partial charge in [0, 0.05) is 5.02 Å². The molecule has 0 spiro atoms. The van der Waals surface area contributed by atoms with Crippen LogP contribution in [-0.2, 0) is 6.42 Å². The first-order valence-corrected chi connectivity index (χ1v) is 5.78. The molecule has 0 unspecified atom stereocenters. The molecule has 17 heavy (non-hydrogen) atoms. The van der Waals surface area contributed by atoms with Crippen LogP contribution in [-0.4, -0.2) is 9.78 Å². The SMILES string of the molecule is CCc1c(C#N)cnn1-c1ccc(Cl)cc1C. The monoisotopic (exact) mass is 245 g/mol. The second-order valence-electron chi connectivity index (χ2n) is 3.81. The molecule has 4 heteroatoms. The van der Waals surface area contributed by atoms with Crippen LogP contribution >= 0.6 is 11.6 Å². The van der Waals surface area contributed by atoms with E-state index in [4.69, 9.17) is 16.9 Å². The fraction of sp³-hybridized carbons (Fsp3) is 0.231. The maximum Gasteiger partial charge on any atom is 0.103 e. The van der Waals surface area contributed by atoms with Crippen molar-refractivity contribution < 1.29 is 0 Å². The molecular formula is C13H12ClN3. The quantitative estimate of drug-likeness (QED) is 0.815. The van der Waals surface area contributed by atoms with Crippen molar-refractivity contribution in [2.24, 2.45) is 0 Å². The zero-order chi connectivity index (χ0) is 12.4. The normalized spacial score (nSPS) is 10.2. The number of aromatic nitrogens is 2. The summed E-state index contributed by atoms with van der Waals surface area (Å²) in [7, 11) is 0. The van der Waals surface area contributed by atoms with Gasteiger partial charge >= 0.3 is 0 Å². The lowest BCUT2D eigenvalue weighted by Gasteiger charge is -2.09. The number of hydrogen-bond donors (Lipinski definition) is 0. The Kier molecular flexibility index (Phi) is 3.16. The Balaban J connectivity index is 2.61. The van der Waals surface area contributed by atoms with E-state index >= 15 is 0 Å². The van der Waals surface area contributed by atoms with Crippen LogP contribution in [0.25, 0.3) is 5.69 Å². The van der Waals surface area contributed by atoms with E-state index in [9.17, 15) is 0 Å². The third-order valence-corrected chi connectivity index (χ3v) is 2.95. The minimum absolute atomic E-state index is 0.627. The van der Waals surface area contributed by atoms with Gasteiger partial charge in [-0.05, 0) is 37.1 Å². The van der Waals surface area contributed by atoms with E-state index in [2.05, 4.69) is 11.2 Å². The molecule has 0 aliphatic heterocycles. The molecule has 0 aliphatic rings. The van der Waals surface area contributed by atoms with Crippen molar-refractivity contribution in [2.45, 2.75) is 20.3 Å². The van der Waals surface area contributed by atoms with Gasteiger partial charge in [-0.3, -0.25) is 0 Å². The lowest BCUT2D eigenvalue weighted by molar-refractivity contribution is 0.808. The van der Waals surface area contributed by atoms with E-state index in [-0.39, 0.29) is 0 Å². The van der Waals surface area contributed by atoms with Crippen LogP contribution in [0.3, 0.4) is 0 Å². The number of hydrogen-bond acceptors (Lipinski definition) is 2. The van der Waals surface area contributed by atoms with Gasteiger partial charge in [-0.1, -0.05) is 18.5 Å². The largest absolute Gasteiger partial charge is 0.236 e. The molecule has 3 nitrogen and oxygen atoms in total. The topological polar surface area (TPSA) is 41.6 Å². The fourth-order valence-corrected chi connectivity index (χ4v) is 2.10. The Morgan fingerprint density at radius 2 is 2.24 bits per heavy atom. The molecule has 0 saturated carbocycles. The van der Waals surface area contributed by atoms with E-state index in [0.29, 0.717) is 10.6 Å². The van der Waals surface area contributed by atoms with Crippen LogP contribution in [0.5, 0.6) is 0 Å². The van der Waals surface area contributed by atoms with E-state index < -0.39 is 0 Å². The summed E-state index contributed by atoms with van der Waals surface area (Å²) in [6.07, 6.45) is 2.37. The average molecular weight is 246 g/mol. The Labute approximate surface area is 105 Å². The molecule has 0 aliphatic carbocycles. The highest BCUT2D eigenvalue weighted by Crippen LogP contribution is 2.21. The number of rotatable bonds is 2. The van der Waals surface area contributed by atoms with Gasteiger partial charge in [0.15, 0.2) is 0 Å². The Morgan fingerprint density at radius 3 is 2.82 bits per heavy atom. The minimum Gasteiger partial charge on any atom is -0.236 e. The molecule has 1 aromatic carbocycles. The Morgan fingerprint density at radius 1 is 1.47 bits per heavy atom. The summed E-state index contributed by atoms with van der Waals surface area (Å²) in [6.45, 7) is 3.99. The van der Waals surface area contributed by atoms with Crippen LogP contribution in [0.1, 0.15) is 23.7 Å². The van der Waals surface area contributed by atoms with Crippen molar-refractivity contribution in [3.63, 3.8) is 0 Å². The summed E-state index contributed by atoms with van der Waals surface area (Å²) in [5, 5.41) is 14.0. The van der Waals surface area contributed by atoms with Gasteiger partial charge in [-0.15, -0.1) is 0 Å². The molecule has 0 saturated heterocycles. The van der Waals surface area contributed by atoms with Crippen molar-refractivity contribution >= 4 is 11.6 Å². The molecule has 0 amide bonds. The van der Waals surface area contributed by atoms with E-state index in [1.165, 1.54) is 0 Å². The standard InChI is InChI=1S/C13H12ClN3/c1-3-12-10(7-15)8-16-17(12)13-5-4-11(14)6-9(13)2/h4-6,8H,3H2,1-2H3. The first-order valence-electron chi connectivity index (χ1n) is 5.41. The van der Waals surface area contributed by atoms with E-state index in [1.54, 1.807) is 6.20 Å². The molecular weight excluding hydrogens is 234 g/mol.